The summed E-state index contributed by atoms with van der Waals surface area (Å²) in [5, 5.41) is 4.79. The van der Waals surface area contributed by atoms with Gasteiger partial charge in [0.15, 0.2) is 11.9 Å². The molecule has 4 aromatic rings. The van der Waals surface area contributed by atoms with Crippen LogP contribution in [0.4, 0.5) is 5.69 Å². The fourth-order valence-electron chi connectivity index (χ4n) is 3.93. The standard InChI is InChI=1S/C25H20N2O4/c1-16(24(28)27-14-13-17-7-5-6-10-22(17)27)30-25(29)19-11-12-21-20(15-19)23(31-26-21)18-8-3-2-4-9-18/h2-12,15-16H,13-14H2,1H3/t16-/m1/s1. The van der Waals surface area contributed by atoms with Gasteiger partial charge in [-0.05, 0) is 43.2 Å². The minimum atomic E-state index is -0.898. The number of ether oxygens (including phenoxy) is 1. The van der Waals surface area contributed by atoms with Crippen molar-refractivity contribution in [3.8, 4) is 11.3 Å². The molecule has 1 aliphatic heterocycles. The van der Waals surface area contributed by atoms with Crippen LogP contribution in [0.25, 0.3) is 22.2 Å². The topological polar surface area (TPSA) is 72.6 Å². The van der Waals surface area contributed by atoms with Gasteiger partial charge in [0.1, 0.15) is 5.52 Å². The van der Waals surface area contributed by atoms with Gasteiger partial charge in [-0.3, -0.25) is 4.79 Å². The monoisotopic (exact) mass is 412 g/mol. The van der Waals surface area contributed by atoms with Crippen molar-refractivity contribution >= 4 is 28.5 Å². The first-order valence-electron chi connectivity index (χ1n) is 10.2. The van der Waals surface area contributed by atoms with Crippen LogP contribution in [0.5, 0.6) is 0 Å². The molecule has 5 rings (SSSR count). The van der Waals surface area contributed by atoms with E-state index >= 15 is 0 Å². The van der Waals surface area contributed by atoms with E-state index in [1.165, 1.54) is 0 Å². The lowest BCUT2D eigenvalue weighted by atomic mass is 10.1. The summed E-state index contributed by atoms with van der Waals surface area (Å²) >= 11 is 0. The Bertz CT molecular complexity index is 1280. The second-order valence-corrected chi connectivity index (χ2v) is 7.53. The Morgan fingerprint density at radius 3 is 2.65 bits per heavy atom. The highest BCUT2D eigenvalue weighted by atomic mass is 16.5. The van der Waals surface area contributed by atoms with E-state index in [1.54, 1.807) is 30.0 Å². The number of nitrogens with zero attached hydrogens (tertiary/aromatic N) is 2. The minimum Gasteiger partial charge on any atom is -0.449 e. The molecule has 31 heavy (non-hydrogen) atoms. The van der Waals surface area contributed by atoms with Gasteiger partial charge in [-0.1, -0.05) is 53.7 Å². The van der Waals surface area contributed by atoms with Crippen molar-refractivity contribution in [2.24, 2.45) is 0 Å². The van der Waals surface area contributed by atoms with E-state index in [2.05, 4.69) is 5.16 Å². The molecule has 1 amide bonds. The normalized spacial score (nSPS) is 13.8. The molecule has 0 unspecified atom stereocenters. The number of hydrogen-bond acceptors (Lipinski definition) is 5. The predicted octanol–water partition coefficient (Wildman–Crippen LogP) is 4.63. The van der Waals surface area contributed by atoms with Gasteiger partial charge in [0.05, 0.1) is 10.9 Å². The molecule has 1 aliphatic rings. The lowest BCUT2D eigenvalue weighted by Crippen LogP contribution is -2.39. The molecular weight excluding hydrogens is 392 g/mol. The van der Waals surface area contributed by atoms with Crippen molar-refractivity contribution in [3.05, 3.63) is 83.9 Å². The second-order valence-electron chi connectivity index (χ2n) is 7.53. The number of carbonyl (C=O) groups excluding carboxylic acids is 2. The summed E-state index contributed by atoms with van der Waals surface area (Å²) in [5.41, 5.74) is 3.86. The number of carbonyl (C=O) groups is 2. The average molecular weight is 412 g/mol. The molecule has 0 saturated heterocycles. The molecule has 2 heterocycles. The zero-order valence-electron chi connectivity index (χ0n) is 16.9. The number of rotatable bonds is 4. The molecule has 0 N–H and O–H groups in total. The molecule has 1 aromatic heterocycles. The van der Waals surface area contributed by atoms with Gasteiger partial charge in [0.2, 0.25) is 0 Å². The van der Waals surface area contributed by atoms with Gasteiger partial charge in [-0.25, -0.2) is 4.79 Å². The van der Waals surface area contributed by atoms with Crippen molar-refractivity contribution in [1.29, 1.82) is 0 Å². The Morgan fingerprint density at radius 2 is 1.81 bits per heavy atom. The fraction of sp³-hybridized carbons (Fsp3) is 0.160. The predicted molar refractivity (Wildman–Crippen MR) is 117 cm³/mol. The first kappa shape index (κ1) is 19.1. The summed E-state index contributed by atoms with van der Waals surface area (Å²) in [4.78, 5) is 27.4. The molecule has 6 nitrogen and oxygen atoms in total. The van der Waals surface area contributed by atoms with E-state index in [0.717, 1.165) is 23.2 Å². The third-order valence-electron chi connectivity index (χ3n) is 5.53. The maximum absolute atomic E-state index is 12.9. The molecule has 0 spiro atoms. The number of hydrogen-bond donors (Lipinski definition) is 0. The number of benzene rings is 3. The van der Waals surface area contributed by atoms with Crippen molar-refractivity contribution < 1.29 is 18.8 Å². The number of fused-ring (bicyclic) bond motifs is 2. The van der Waals surface area contributed by atoms with Gasteiger partial charge in [0, 0.05) is 17.8 Å². The molecular formula is C25H20N2O4. The van der Waals surface area contributed by atoms with E-state index in [-0.39, 0.29) is 5.91 Å². The van der Waals surface area contributed by atoms with Gasteiger partial charge < -0.3 is 14.2 Å². The van der Waals surface area contributed by atoms with Crippen LogP contribution < -0.4 is 4.90 Å². The highest BCUT2D eigenvalue weighted by molar-refractivity contribution is 6.02. The average Bonchev–Trinajstić information content (AvgIpc) is 3.43. The second kappa shape index (κ2) is 7.72. The van der Waals surface area contributed by atoms with E-state index in [9.17, 15) is 9.59 Å². The molecule has 0 fully saturated rings. The van der Waals surface area contributed by atoms with Gasteiger partial charge in [-0.2, -0.15) is 0 Å². The lowest BCUT2D eigenvalue weighted by Gasteiger charge is -2.21. The Hall–Kier alpha value is -3.93. The number of amides is 1. The molecule has 0 aliphatic carbocycles. The molecule has 0 radical (unpaired) electrons. The van der Waals surface area contributed by atoms with Crippen molar-refractivity contribution in [2.75, 3.05) is 11.4 Å². The number of esters is 1. The van der Waals surface area contributed by atoms with Crippen molar-refractivity contribution in [1.82, 2.24) is 5.16 Å². The van der Waals surface area contributed by atoms with Crippen LogP contribution in [-0.4, -0.2) is 29.7 Å². The van der Waals surface area contributed by atoms with Gasteiger partial charge in [-0.15, -0.1) is 0 Å². The van der Waals surface area contributed by atoms with E-state index < -0.39 is 12.1 Å². The Kier molecular flexibility index (Phi) is 4.75. The summed E-state index contributed by atoms with van der Waals surface area (Å²) in [5.74, 6) is -0.201. The zero-order valence-corrected chi connectivity index (χ0v) is 16.9. The van der Waals surface area contributed by atoms with E-state index in [0.29, 0.717) is 28.8 Å². The molecule has 0 saturated carbocycles. The SMILES string of the molecule is C[C@@H](OC(=O)c1ccc2noc(-c3ccccc3)c2c1)C(=O)N1CCc2ccccc21. The highest BCUT2D eigenvalue weighted by Gasteiger charge is 2.30. The van der Waals surface area contributed by atoms with Crippen LogP contribution in [0.3, 0.4) is 0 Å². The van der Waals surface area contributed by atoms with Crippen molar-refractivity contribution in [3.63, 3.8) is 0 Å². The van der Waals surface area contributed by atoms with Gasteiger partial charge >= 0.3 is 5.97 Å². The number of para-hydroxylation sites is 1. The number of aromatic nitrogens is 1. The fourth-order valence-corrected chi connectivity index (χ4v) is 3.93. The maximum Gasteiger partial charge on any atom is 0.338 e. The summed E-state index contributed by atoms with van der Waals surface area (Å²) < 4.78 is 11.0. The summed E-state index contributed by atoms with van der Waals surface area (Å²) in [6.07, 6.45) is -0.0972. The first-order valence-corrected chi connectivity index (χ1v) is 10.2. The maximum atomic E-state index is 12.9. The van der Waals surface area contributed by atoms with Crippen molar-refractivity contribution in [2.45, 2.75) is 19.4 Å². The lowest BCUT2D eigenvalue weighted by molar-refractivity contribution is -0.126. The van der Waals surface area contributed by atoms with E-state index in [4.69, 9.17) is 9.26 Å². The summed E-state index contributed by atoms with van der Waals surface area (Å²) in [6.45, 7) is 2.20. The molecule has 154 valence electrons. The first-order chi connectivity index (χ1) is 15.1. The molecule has 3 aromatic carbocycles. The zero-order chi connectivity index (χ0) is 21.4. The molecule has 6 heteroatoms. The summed E-state index contributed by atoms with van der Waals surface area (Å²) in [7, 11) is 0. The minimum absolute atomic E-state index is 0.227. The Balaban J connectivity index is 1.36. The van der Waals surface area contributed by atoms with Crippen LogP contribution in [-0.2, 0) is 16.0 Å². The third kappa shape index (κ3) is 3.46. The summed E-state index contributed by atoms with van der Waals surface area (Å²) in [6, 6.07) is 22.4. The van der Waals surface area contributed by atoms with Crippen LogP contribution in [0.2, 0.25) is 0 Å². The third-order valence-corrected chi connectivity index (χ3v) is 5.53. The molecule has 1 atom stereocenters. The molecule has 0 bridgehead atoms. The largest absolute Gasteiger partial charge is 0.449 e. The van der Waals surface area contributed by atoms with Gasteiger partial charge in [0.25, 0.3) is 5.91 Å². The quantitative estimate of drug-likeness (QED) is 0.457. The van der Waals surface area contributed by atoms with Crippen LogP contribution in [0.1, 0.15) is 22.8 Å². The number of anilines is 1. The van der Waals surface area contributed by atoms with Crippen LogP contribution in [0, 0.1) is 0 Å². The smallest absolute Gasteiger partial charge is 0.338 e. The van der Waals surface area contributed by atoms with Crippen LogP contribution >= 0.6 is 0 Å². The Labute approximate surface area is 179 Å². The van der Waals surface area contributed by atoms with Crippen LogP contribution in [0.15, 0.2) is 77.3 Å². The van der Waals surface area contributed by atoms with E-state index in [1.807, 2.05) is 54.6 Å². The highest BCUT2D eigenvalue weighted by Crippen LogP contribution is 2.30. The Morgan fingerprint density at radius 1 is 1.03 bits per heavy atom.